The van der Waals surface area contributed by atoms with Crippen molar-refractivity contribution in [3.8, 4) is 11.4 Å². The predicted molar refractivity (Wildman–Crippen MR) is 89.7 cm³/mol. The number of alkyl halides is 3. The number of carbonyl (C=O) groups is 1. The highest BCUT2D eigenvalue weighted by atomic mass is 19.4. The van der Waals surface area contributed by atoms with Gasteiger partial charge in [-0.2, -0.15) is 18.2 Å². The van der Waals surface area contributed by atoms with Crippen LogP contribution in [0.3, 0.4) is 0 Å². The molecule has 0 saturated heterocycles. The molecule has 0 unspecified atom stereocenters. The van der Waals surface area contributed by atoms with E-state index in [9.17, 15) is 22.8 Å². The SMILES string of the molecule is CN(Cc1cccnc1)C(=O)Cn1ccc(-c2noc(C(F)(F)F)n2)cc1=O. The summed E-state index contributed by atoms with van der Waals surface area (Å²) in [4.78, 5) is 33.2. The Labute approximate surface area is 156 Å². The smallest absolute Gasteiger partial charge is 0.340 e. The lowest BCUT2D eigenvalue weighted by molar-refractivity contribution is -0.159. The van der Waals surface area contributed by atoms with Gasteiger partial charge in [-0.3, -0.25) is 14.6 Å². The Balaban J connectivity index is 1.71. The van der Waals surface area contributed by atoms with Crippen molar-refractivity contribution >= 4 is 5.91 Å². The first-order chi connectivity index (χ1) is 13.2. The minimum absolute atomic E-state index is 0.0525. The number of hydrogen-bond acceptors (Lipinski definition) is 6. The molecule has 0 aliphatic heterocycles. The summed E-state index contributed by atoms with van der Waals surface area (Å²) < 4.78 is 42.9. The maximum absolute atomic E-state index is 12.5. The fourth-order valence-electron chi connectivity index (χ4n) is 2.35. The molecule has 3 aromatic heterocycles. The normalized spacial score (nSPS) is 11.4. The highest BCUT2D eigenvalue weighted by Gasteiger charge is 2.38. The van der Waals surface area contributed by atoms with E-state index in [1.165, 1.54) is 17.2 Å². The van der Waals surface area contributed by atoms with Crippen LogP contribution in [-0.4, -0.2) is 37.5 Å². The van der Waals surface area contributed by atoms with Crippen molar-refractivity contribution in [2.24, 2.45) is 0 Å². The van der Waals surface area contributed by atoms with Crippen LogP contribution in [0, 0.1) is 0 Å². The van der Waals surface area contributed by atoms with Gasteiger partial charge in [-0.1, -0.05) is 11.2 Å². The van der Waals surface area contributed by atoms with Crippen molar-refractivity contribution < 1.29 is 22.5 Å². The second kappa shape index (κ2) is 7.62. The van der Waals surface area contributed by atoms with Crippen LogP contribution < -0.4 is 5.56 Å². The zero-order valence-electron chi connectivity index (χ0n) is 14.6. The lowest BCUT2D eigenvalue weighted by atomic mass is 10.2. The van der Waals surface area contributed by atoms with Crippen molar-refractivity contribution in [2.75, 3.05) is 7.05 Å². The quantitative estimate of drug-likeness (QED) is 0.658. The number of halogens is 3. The highest BCUT2D eigenvalue weighted by Crippen LogP contribution is 2.29. The Hall–Kier alpha value is -3.50. The molecule has 0 fully saturated rings. The topological polar surface area (TPSA) is 94.1 Å². The Morgan fingerprint density at radius 3 is 2.71 bits per heavy atom. The molecule has 0 spiro atoms. The summed E-state index contributed by atoms with van der Waals surface area (Å²) >= 11 is 0. The number of likely N-dealkylation sites (N-methyl/N-ethyl adjacent to an activating group) is 1. The minimum Gasteiger partial charge on any atom is -0.340 e. The largest absolute Gasteiger partial charge is 0.471 e. The van der Waals surface area contributed by atoms with Crippen LogP contribution in [0.2, 0.25) is 0 Å². The van der Waals surface area contributed by atoms with Gasteiger partial charge in [0.15, 0.2) is 0 Å². The van der Waals surface area contributed by atoms with Crippen LogP contribution in [0.25, 0.3) is 11.4 Å². The lowest BCUT2D eigenvalue weighted by Crippen LogP contribution is -2.33. The molecular formula is C17H14F3N5O3. The van der Waals surface area contributed by atoms with Crippen LogP contribution in [-0.2, 0) is 24.1 Å². The number of hydrogen-bond donors (Lipinski definition) is 0. The molecule has 0 radical (unpaired) electrons. The van der Waals surface area contributed by atoms with Gasteiger partial charge in [-0.05, 0) is 17.7 Å². The third-order valence-corrected chi connectivity index (χ3v) is 3.80. The number of nitrogens with zero attached hydrogens (tertiary/aromatic N) is 5. The first kappa shape index (κ1) is 19.3. The summed E-state index contributed by atoms with van der Waals surface area (Å²) in [7, 11) is 1.59. The summed E-state index contributed by atoms with van der Waals surface area (Å²) in [5.41, 5.74) is 0.300. The van der Waals surface area contributed by atoms with Gasteiger partial charge in [0.25, 0.3) is 5.56 Å². The number of amides is 1. The van der Waals surface area contributed by atoms with E-state index in [1.807, 2.05) is 6.07 Å². The molecule has 8 nitrogen and oxygen atoms in total. The van der Waals surface area contributed by atoms with Crippen LogP contribution in [0.4, 0.5) is 13.2 Å². The predicted octanol–water partition coefficient (Wildman–Crippen LogP) is 1.97. The van der Waals surface area contributed by atoms with Crippen molar-refractivity contribution in [3.63, 3.8) is 0 Å². The molecular weight excluding hydrogens is 379 g/mol. The second-order valence-corrected chi connectivity index (χ2v) is 5.91. The van der Waals surface area contributed by atoms with E-state index in [2.05, 4.69) is 19.6 Å². The third kappa shape index (κ3) is 4.42. The first-order valence-electron chi connectivity index (χ1n) is 7.98. The summed E-state index contributed by atoms with van der Waals surface area (Å²) in [6.45, 7) is 0.0957. The Morgan fingerprint density at radius 1 is 1.32 bits per heavy atom. The molecule has 0 aliphatic rings. The van der Waals surface area contributed by atoms with Crippen LogP contribution >= 0.6 is 0 Å². The molecule has 0 aromatic carbocycles. The highest BCUT2D eigenvalue weighted by molar-refractivity contribution is 5.75. The molecule has 0 aliphatic carbocycles. The zero-order valence-corrected chi connectivity index (χ0v) is 14.6. The second-order valence-electron chi connectivity index (χ2n) is 5.91. The number of aromatic nitrogens is 4. The number of pyridine rings is 2. The molecule has 11 heteroatoms. The average molecular weight is 393 g/mol. The van der Waals surface area contributed by atoms with E-state index in [0.717, 1.165) is 16.2 Å². The first-order valence-corrected chi connectivity index (χ1v) is 7.98. The van der Waals surface area contributed by atoms with Gasteiger partial charge in [0.1, 0.15) is 6.54 Å². The number of rotatable bonds is 5. The minimum atomic E-state index is -4.77. The van der Waals surface area contributed by atoms with Crippen LogP contribution in [0.1, 0.15) is 11.5 Å². The summed E-state index contributed by atoms with van der Waals surface area (Å²) in [5.74, 6) is -2.19. The molecule has 0 bridgehead atoms. The molecule has 3 aromatic rings. The molecule has 3 rings (SSSR count). The van der Waals surface area contributed by atoms with Gasteiger partial charge in [0.05, 0.1) is 0 Å². The van der Waals surface area contributed by atoms with E-state index in [0.29, 0.717) is 6.54 Å². The molecule has 146 valence electrons. The molecule has 28 heavy (non-hydrogen) atoms. The Bertz CT molecular complexity index is 1030. The maximum atomic E-state index is 12.5. The molecule has 1 amide bonds. The van der Waals surface area contributed by atoms with Crippen molar-refractivity contribution in [1.29, 1.82) is 0 Å². The third-order valence-electron chi connectivity index (χ3n) is 3.80. The molecule has 0 saturated carbocycles. The molecule has 0 N–H and O–H groups in total. The van der Waals surface area contributed by atoms with Crippen molar-refractivity contribution in [2.45, 2.75) is 19.3 Å². The Morgan fingerprint density at radius 2 is 2.11 bits per heavy atom. The van der Waals surface area contributed by atoms with Gasteiger partial charge in [0, 0.05) is 43.8 Å². The average Bonchev–Trinajstić information content (AvgIpc) is 3.14. The van der Waals surface area contributed by atoms with Crippen LogP contribution in [0.5, 0.6) is 0 Å². The fraction of sp³-hybridized carbons (Fsp3) is 0.235. The number of carbonyl (C=O) groups excluding carboxylic acids is 1. The van der Waals surface area contributed by atoms with Crippen molar-refractivity contribution in [3.05, 3.63) is 64.7 Å². The van der Waals surface area contributed by atoms with Gasteiger partial charge in [-0.15, -0.1) is 0 Å². The van der Waals surface area contributed by atoms with E-state index >= 15 is 0 Å². The molecule has 3 heterocycles. The summed E-state index contributed by atoms with van der Waals surface area (Å²) in [6, 6.07) is 5.94. The van der Waals surface area contributed by atoms with Gasteiger partial charge >= 0.3 is 12.1 Å². The van der Waals surface area contributed by atoms with Crippen LogP contribution in [0.15, 0.2) is 52.2 Å². The van der Waals surface area contributed by atoms with E-state index in [-0.39, 0.29) is 23.8 Å². The van der Waals surface area contributed by atoms with Gasteiger partial charge < -0.3 is 14.0 Å². The van der Waals surface area contributed by atoms with Gasteiger partial charge in [-0.25, -0.2) is 0 Å². The fourth-order valence-corrected chi connectivity index (χ4v) is 2.35. The zero-order chi connectivity index (χ0) is 20.3. The summed E-state index contributed by atoms with van der Waals surface area (Å²) in [5, 5.41) is 3.22. The monoisotopic (exact) mass is 393 g/mol. The Kier molecular flexibility index (Phi) is 5.25. The summed E-state index contributed by atoms with van der Waals surface area (Å²) in [6.07, 6.45) is -0.235. The van der Waals surface area contributed by atoms with E-state index < -0.39 is 17.6 Å². The standard InChI is InChI=1S/C17H14F3N5O3/c1-24(9-11-3-2-5-21-8-11)14(27)10-25-6-4-12(7-13(25)26)15-22-16(28-23-15)17(18,19)20/h2-8H,9-10H2,1H3. The van der Waals surface area contributed by atoms with E-state index in [4.69, 9.17) is 0 Å². The van der Waals surface area contributed by atoms with Gasteiger partial charge in [0.2, 0.25) is 11.7 Å². The van der Waals surface area contributed by atoms with Crippen molar-refractivity contribution in [1.82, 2.24) is 24.6 Å². The maximum Gasteiger partial charge on any atom is 0.471 e. The van der Waals surface area contributed by atoms with E-state index in [1.54, 1.807) is 25.5 Å². The molecule has 0 atom stereocenters. The lowest BCUT2D eigenvalue weighted by Gasteiger charge is -2.17.